The van der Waals surface area contributed by atoms with Gasteiger partial charge in [-0.25, -0.2) is 0 Å². The summed E-state index contributed by atoms with van der Waals surface area (Å²) in [6.45, 7) is 0.444. The Kier molecular flexibility index (Phi) is 5.05. The fourth-order valence-electron chi connectivity index (χ4n) is 2.14. The normalized spacial score (nSPS) is 26.3. The Labute approximate surface area is 91.4 Å². The van der Waals surface area contributed by atoms with Gasteiger partial charge in [0.15, 0.2) is 0 Å². The average Bonchev–Trinajstić information content (AvgIpc) is 2.21. The Morgan fingerprint density at radius 1 is 1.47 bits per heavy atom. The number of carbonyl (C=O) groups is 1. The van der Waals surface area contributed by atoms with Gasteiger partial charge in [-0.05, 0) is 18.8 Å². The van der Waals surface area contributed by atoms with E-state index < -0.39 is 0 Å². The number of nitrogens with zero attached hydrogens (tertiary/aromatic N) is 1. The lowest BCUT2D eigenvalue weighted by Crippen LogP contribution is -2.38. The first-order chi connectivity index (χ1) is 7.15. The highest BCUT2D eigenvalue weighted by Crippen LogP contribution is 2.25. The van der Waals surface area contributed by atoms with Crippen molar-refractivity contribution in [3.63, 3.8) is 0 Å². The second kappa shape index (κ2) is 6.08. The van der Waals surface area contributed by atoms with Crippen LogP contribution >= 0.6 is 0 Å². The highest BCUT2D eigenvalue weighted by atomic mass is 16.3. The maximum absolute atomic E-state index is 11.7. The molecule has 0 aromatic heterocycles. The summed E-state index contributed by atoms with van der Waals surface area (Å²) in [6, 6.07) is 0.185. The minimum Gasteiger partial charge on any atom is -0.395 e. The molecule has 1 rings (SSSR count). The first kappa shape index (κ1) is 12.5. The number of likely N-dealkylation sites (N-methyl/N-ethyl adjacent to an activating group) is 1. The second-order valence-corrected chi connectivity index (χ2v) is 4.45. The van der Waals surface area contributed by atoms with Crippen LogP contribution in [0.5, 0.6) is 0 Å². The van der Waals surface area contributed by atoms with Crippen LogP contribution in [0.25, 0.3) is 0 Å². The number of aliphatic hydroxyl groups excluding tert-OH is 1. The van der Waals surface area contributed by atoms with Crippen molar-refractivity contribution in [2.45, 2.75) is 38.1 Å². The minimum absolute atomic E-state index is 0.0267. The number of aliphatic hydroxyl groups is 1. The fraction of sp³-hybridized carbons (Fsp3) is 0.909. The molecule has 0 heterocycles. The molecule has 15 heavy (non-hydrogen) atoms. The molecule has 4 heteroatoms. The van der Waals surface area contributed by atoms with Crippen molar-refractivity contribution in [2.24, 2.45) is 11.7 Å². The van der Waals surface area contributed by atoms with E-state index in [-0.39, 0.29) is 18.6 Å². The number of hydrogen-bond donors (Lipinski definition) is 2. The highest BCUT2D eigenvalue weighted by Gasteiger charge is 2.25. The van der Waals surface area contributed by atoms with Gasteiger partial charge in [0.25, 0.3) is 0 Å². The van der Waals surface area contributed by atoms with Crippen molar-refractivity contribution in [1.29, 1.82) is 0 Å². The predicted molar refractivity (Wildman–Crippen MR) is 59.3 cm³/mol. The molecular formula is C11H22N2O2. The molecule has 0 aliphatic heterocycles. The topological polar surface area (TPSA) is 66.6 Å². The average molecular weight is 214 g/mol. The SMILES string of the molecule is CN(CCO)C(=O)CC1CCCCC1N. The van der Waals surface area contributed by atoms with E-state index in [1.807, 2.05) is 0 Å². The number of carbonyl (C=O) groups excluding carboxylic acids is 1. The molecule has 4 nitrogen and oxygen atoms in total. The van der Waals surface area contributed by atoms with Crippen molar-refractivity contribution < 1.29 is 9.90 Å². The van der Waals surface area contributed by atoms with Crippen LogP contribution in [0.1, 0.15) is 32.1 Å². The summed E-state index contributed by atoms with van der Waals surface area (Å²) in [5.74, 6) is 0.443. The molecule has 3 N–H and O–H groups in total. The van der Waals surface area contributed by atoms with Gasteiger partial charge in [0.1, 0.15) is 0 Å². The number of amides is 1. The quantitative estimate of drug-likeness (QED) is 0.709. The van der Waals surface area contributed by atoms with E-state index in [1.165, 1.54) is 12.8 Å². The van der Waals surface area contributed by atoms with Gasteiger partial charge >= 0.3 is 0 Å². The van der Waals surface area contributed by atoms with Crippen molar-refractivity contribution in [3.05, 3.63) is 0 Å². The number of rotatable bonds is 4. The summed E-state index contributed by atoms with van der Waals surface area (Å²) in [4.78, 5) is 13.3. The first-order valence-electron chi connectivity index (χ1n) is 5.75. The van der Waals surface area contributed by atoms with Crippen LogP contribution in [-0.2, 0) is 4.79 Å². The van der Waals surface area contributed by atoms with Crippen molar-refractivity contribution in [1.82, 2.24) is 4.90 Å². The lowest BCUT2D eigenvalue weighted by Gasteiger charge is -2.29. The molecule has 1 fully saturated rings. The third-order valence-electron chi connectivity index (χ3n) is 3.27. The van der Waals surface area contributed by atoms with E-state index in [2.05, 4.69) is 0 Å². The van der Waals surface area contributed by atoms with Gasteiger partial charge < -0.3 is 15.7 Å². The van der Waals surface area contributed by atoms with Gasteiger partial charge in [-0.2, -0.15) is 0 Å². The smallest absolute Gasteiger partial charge is 0.222 e. The molecule has 0 spiro atoms. The highest BCUT2D eigenvalue weighted by molar-refractivity contribution is 5.76. The largest absolute Gasteiger partial charge is 0.395 e. The van der Waals surface area contributed by atoms with Crippen molar-refractivity contribution in [3.8, 4) is 0 Å². The predicted octanol–water partition coefficient (Wildman–Crippen LogP) is 0.345. The Hall–Kier alpha value is -0.610. The second-order valence-electron chi connectivity index (χ2n) is 4.45. The van der Waals surface area contributed by atoms with Crippen LogP contribution in [0.4, 0.5) is 0 Å². The molecule has 0 bridgehead atoms. The molecule has 0 aromatic carbocycles. The van der Waals surface area contributed by atoms with Crippen molar-refractivity contribution in [2.75, 3.05) is 20.2 Å². The van der Waals surface area contributed by atoms with Gasteiger partial charge in [-0.1, -0.05) is 12.8 Å². The molecule has 1 aliphatic carbocycles. The maximum atomic E-state index is 11.7. The van der Waals surface area contributed by atoms with E-state index in [0.29, 0.717) is 18.9 Å². The van der Waals surface area contributed by atoms with E-state index in [0.717, 1.165) is 12.8 Å². The summed E-state index contributed by atoms with van der Waals surface area (Å²) in [5, 5.41) is 8.72. The van der Waals surface area contributed by atoms with Crippen LogP contribution in [-0.4, -0.2) is 42.2 Å². The van der Waals surface area contributed by atoms with Crippen molar-refractivity contribution >= 4 is 5.91 Å². The molecule has 88 valence electrons. The monoisotopic (exact) mass is 214 g/mol. The summed E-state index contributed by atoms with van der Waals surface area (Å²) >= 11 is 0. The van der Waals surface area contributed by atoms with E-state index in [4.69, 9.17) is 10.8 Å². The Balaban J connectivity index is 2.35. The molecule has 0 saturated heterocycles. The zero-order valence-corrected chi connectivity index (χ0v) is 9.48. The summed E-state index contributed by atoms with van der Waals surface area (Å²) < 4.78 is 0. The lowest BCUT2D eigenvalue weighted by atomic mass is 9.83. The molecule has 1 amide bonds. The van der Waals surface area contributed by atoms with Crippen LogP contribution in [0.3, 0.4) is 0 Å². The summed E-state index contributed by atoms with van der Waals surface area (Å²) in [5.41, 5.74) is 5.98. The third kappa shape index (κ3) is 3.80. The molecular weight excluding hydrogens is 192 g/mol. The van der Waals surface area contributed by atoms with E-state index in [9.17, 15) is 4.79 Å². The molecule has 2 unspecified atom stereocenters. The van der Waals surface area contributed by atoms with Crippen LogP contribution in [0.15, 0.2) is 0 Å². The molecule has 0 aromatic rings. The van der Waals surface area contributed by atoms with E-state index >= 15 is 0 Å². The Morgan fingerprint density at radius 2 is 2.13 bits per heavy atom. The van der Waals surface area contributed by atoms with Crippen LogP contribution in [0, 0.1) is 5.92 Å². The van der Waals surface area contributed by atoms with Gasteiger partial charge in [0.2, 0.25) is 5.91 Å². The standard InChI is InChI=1S/C11H22N2O2/c1-13(6-7-14)11(15)8-9-4-2-3-5-10(9)12/h9-10,14H,2-8,12H2,1H3. The van der Waals surface area contributed by atoms with Crippen LogP contribution in [0.2, 0.25) is 0 Å². The lowest BCUT2D eigenvalue weighted by molar-refractivity contribution is -0.131. The molecule has 1 aliphatic rings. The third-order valence-corrected chi connectivity index (χ3v) is 3.27. The number of nitrogens with two attached hydrogens (primary N) is 1. The molecule has 1 saturated carbocycles. The zero-order chi connectivity index (χ0) is 11.3. The Morgan fingerprint density at radius 3 is 2.73 bits per heavy atom. The fourth-order valence-corrected chi connectivity index (χ4v) is 2.14. The molecule has 0 radical (unpaired) electrons. The Bertz CT molecular complexity index is 209. The van der Waals surface area contributed by atoms with Gasteiger partial charge in [0.05, 0.1) is 6.61 Å². The minimum atomic E-state index is 0.0267. The summed E-state index contributed by atoms with van der Waals surface area (Å²) in [7, 11) is 1.73. The number of hydrogen-bond acceptors (Lipinski definition) is 3. The molecule has 2 atom stereocenters. The first-order valence-corrected chi connectivity index (χ1v) is 5.75. The van der Waals surface area contributed by atoms with E-state index in [1.54, 1.807) is 11.9 Å². The maximum Gasteiger partial charge on any atom is 0.222 e. The summed E-state index contributed by atoms with van der Waals surface area (Å²) in [6.07, 6.45) is 5.03. The van der Waals surface area contributed by atoms with Gasteiger partial charge in [-0.15, -0.1) is 0 Å². The van der Waals surface area contributed by atoms with Gasteiger partial charge in [0, 0.05) is 26.1 Å². The van der Waals surface area contributed by atoms with Gasteiger partial charge in [-0.3, -0.25) is 4.79 Å². The van der Waals surface area contributed by atoms with Crippen LogP contribution < -0.4 is 5.73 Å². The zero-order valence-electron chi connectivity index (χ0n) is 9.48.